The van der Waals surface area contributed by atoms with Crippen LogP contribution in [-0.4, -0.2) is 42.6 Å². The highest BCUT2D eigenvalue weighted by Crippen LogP contribution is 2.37. The van der Waals surface area contributed by atoms with Gasteiger partial charge in [-0.25, -0.2) is 4.98 Å². The van der Waals surface area contributed by atoms with Crippen LogP contribution in [0.2, 0.25) is 5.02 Å². The Kier molecular flexibility index (Phi) is 5.78. The Morgan fingerprint density at radius 1 is 1.36 bits per heavy atom. The number of aromatic nitrogens is 1. The van der Waals surface area contributed by atoms with Gasteiger partial charge in [-0.1, -0.05) is 11.6 Å². The molecule has 1 aromatic heterocycles. The molecule has 0 spiro atoms. The highest BCUT2D eigenvalue weighted by atomic mass is 35.5. The topological polar surface area (TPSA) is 63.7 Å². The number of aryl methyl sites for hydroxylation is 1. The van der Waals surface area contributed by atoms with Crippen molar-refractivity contribution in [2.24, 2.45) is 0 Å². The van der Waals surface area contributed by atoms with Crippen molar-refractivity contribution in [2.45, 2.75) is 19.9 Å². The van der Waals surface area contributed by atoms with E-state index in [-0.39, 0.29) is 12.5 Å². The van der Waals surface area contributed by atoms with Gasteiger partial charge in [0.1, 0.15) is 0 Å². The van der Waals surface area contributed by atoms with Crippen molar-refractivity contribution in [1.29, 1.82) is 0 Å². The van der Waals surface area contributed by atoms with Crippen molar-refractivity contribution in [1.82, 2.24) is 9.88 Å². The highest BCUT2D eigenvalue weighted by molar-refractivity contribution is 7.09. The highest BCUT2D eigenvalue weighted by Gasteiger charge is 2.16. The average molecular weight is 382 g/mol. The summed E-state index contributed by atoms with van der Waals surface area (Å²) < 4.78 is 11.2. The molecule has 0 saturated heterocycles. The van der Waals surface area contributed by atoms with Gasteiger partial charge < -0.3 is 14.8 Å². The Labute approximate surface area is 155 Å². The van der Waals surface area contributed by atoms with Crippen LogP contribution in [0, 0.1) is 6.92 Å². The average Bonchev–Trinajstić information content (AvgIpc) is 2.81. The number of nitrogens with zero attached hydrogens (tertiary/aromatic N) is 2. The predicted octanol–water partition coefficient (Wildman–Crippen LogP) is 3.34. The first-order valence-electron chi connectivity index (χ1n) is 8.00. The number of hydrogen-bond acceptors (Lipinski definition) is 6. The molecule has 1 N–H and O–H groups in total. The quantitative estimate of drug-likeness (QED) is 0.860. The van der Waals surface area contributed by atoms with Gasteiger partial charge in [0.05, 0.1) is 41.2 Å². The third kappa shape index (κ3) is 4.84. The lowest BCUT2D eigenvalue weighted by Crippen LogP contribution is -2.30. The molecule has 25 heavy (non-hydrogen) atoms. The second-order valence-electron chi connectivity index (χ2n) is 5.91. The molecule has 6 nitrogen and oxygen atoms in total. The number of carbonyl (C=O) groups is 1. The van der Waals surface area contributed by atoms with Crippen molar-refractivity contribution in [3.05, 3.63) is 33.2 Å². The number of amides is 1. The van der Waals surface area contributed by atoms with E-state index in [4.69, 9.17) is 21.1 Å². The molecule has 1 aliphatic heterocycles. The maximum absolute atomic E-state index is 12.3. The molecule has 0 atom stereocenters. The fraction of sp³-hybridized carbons (Fsp3) is 0.412. The van der Waals surface area contributed by atoms with E-state index >= 15 is 0 Å². The molecule has 8 heteroatoms. The number of anilines is 1. The van der Waals surface area contributed by atoms with E-state index in [1.165, 1.54) is 0 Å². The molecule has 0 radical (unpaired) electrons. The molecule has 0 bridgehead atoms. The monoisotopic (exact) mass is 381 g/mol. The summed E-state index contributed by atoms with van der Waals surface area (Å²) in [6.07, 6.45) is 0.814. The SMILES string of the molecule is Cc1nc(CN(C)CC(=O)Nc2cc3c(cc2Cl)OCCCO3)cs1. The summed E-state index contributed by atoms with van der Waals surface area (Å²) in [6, 6.07) is 3.39. The van der Waals surface area contributed by atoms with Crippen LogP contribution in [0.5, 0.6) is 11.5 Å². The van der Waals surface area contributed by atoms with Crippen LogP contribution in [-0.2, 0) is 11.3 Å². The Bertz CT molecular complexity index is 766. The standard InChI is InChI=1S/C17H20ClN3O3S/c1-11-19-12(10-25-11)8-21(2)9-17(22)20-14-7-16-15(6-13(14)18)23-4-3-5-24-16/h6-7,10H,3-5,8-9H2,1-2H3,(H,20,22). The van der Waals surface area contributed by atoms with Crippen molar-refractivity contribution in [3.8, 4) is 11.5 Å². The van der Waals surface area contributed by atoms with Crippen molar-refractivity contribution in [3.63, 3.8) is 0 Å². The van der Waals surface area contributed by atoms with E-state index in [9.17, 15) is 4.79 Å². The summed E-state index contributed by atoms with van der Waals surface area (Å²) in [7, 11) is 1.88. The number of benzene rings is 1. The van der Waals surface area contributed by atoms with Crippen LogP contribution in [0.1, 0.15) is 17.1 Å². The first-order chi connectivity index (χ1) is 12.0. The van der Waals surface area contributed by atoms with Gasteiger partial charge in [0.15, 0.2) is 11.5 Å². The molecule has 0 unspecified atom stereocenters. The molecule has 3 rings (SSSR count). The van der Waals surface area contributed by atoms with E-state index in [1.807, 2.05) is 24.3 Å². The predicted molar refractivity (Wildman–Crippen MR) is 98.9 cm³/mol. The molecule has 0 saturated carbocycles. The molecular formula is C17H20ClN3O3S. The first kappa shape index (κ1) is 18.0. The van der Waals surface area contributed by atoms with Crippen molar-refractivity contribution >= 4 is 34.5 Å². The van der Waals surface area contributed by atoms with Gasteiger partial charge in [-0.2, -0.15) is 0 Å². The number of ether oxygens (including phenoxy) is 2. The number of nitrogens with one attached hydrogen (secondary N) is 1. The Balaban J connectivity index is 1.61. The molecule has 134 valence electrons. The summed E-state index contributed by atoms with van der Waals surface area (Å²) in [5.74, 6) is 1.06. The molecule has 2 aromatic rings. The number of thiazole rings is 1. The number of fused-ring (bicyclic) bond motifs is 1. The maximum atomic E-state index is 12.3. The van der Waals surface area contributed by atoms with Crippen LogP contribution < -0.4 is 14.8 Å². The lowest BCUT2D eigenvalue weighted by molar-refractivity contribution is -0.117. The van der Waals surface area contributed by atoms with Gasteiger partial charge >= 0.3 is 0 Å². The molecule has 0 fully saturated rings. The Hall–Kier alpha value is -1.83. The molecule has 1 amide bonds. The lowest BCUT2D eigenvalue weighted by atomic mass is 10.2. The number of carbonyl (C=O) groups excluding carboxylic acids is 1. The summed E-state index contributed by atoms with van der Waals surface area (Å²) in [6.45, 7) is 3.99. The smallest absolute Gasteiger partial charge is 0.238 e. The number of halogens is 1. The lowest BCUT2D eigenvalue weighted by Gasteiger charge is -2.16. The molecule has 0 aliphatic carbocycles. The second kappa shape index (κ2) is 8.03. The number of hydrogen-bond donors (Lipinski definition) is 1. The van der Waals surface area contributed by atoms with Crippen LogP contribution in [0.25, 0.3) is 0 Å². The van der Waals surface area contributed by atoms with Gasteiger partial charge in [0.25, 0.3) is 0 Å². The van der Waals surface area contributed by atoms with E-state index in [0.29, 0.717) is 42.0 Å². The van der Waals surface area contributed by atoms with E-state index < -0.39 is 0 Å². The largest absolute Gasteiger partial charge is 0.490 e. The fourth-order valence-electron chi connectivity index (χ4n) is 2.53. The van der Waals surface area contributed by atoms with Gasteiger partial charge in [-0.05, 0) is 14.0 Å². The van der Waals surface area contributed by atoms with Gasteiger partial charge in [-0.15, -0.1) is 11.3 Å². The molecule has 1 aromatic carbocycles. The fourth-order valence-corrected chi connectivity index (χ4v) is 3.33. The molecule has 1 aliphatic rings. The first-order valence-corrected chi connectivity index (χ1v) is 9.25. The van der Waals surface area contributed by atoms with E-state index in [1.54, 1.807) is 23.5 Å². The molecule has 2 heterocycles. The third-order valence-electron chi connectivity index (χ3n) is 3.62. The molecular weight excluding hydrogens is 362 g/mol. The zero-order valence-electron chi connectivity index (χ0n) is 14.2. The van der Waals surface area contributed by atoms with Crippen LogP contribution >= 0.6 is 22.9 Å². The summed E-state index contributed by atoms with van der Waals surface area (Å²) in [5, 5.41) is 6.29. The van der Waals surface area contributed by atoms with E-state index in [0.717, 1.165) is 17.1 Å². The van der Waals surface area contributed by atoms with Crippen LogP contribution in [0.15, 0.2) is 17.5 Å². The van der Waals surface area contributed by atoms with Crippen LogP contribution in [0.3, 0.4) is 0 Å². The minimum Gasteiger partial charge on any atom is -0.490 e. The van der Waals surface area contributed by atoms with Gasteiger partial charge in [0.2, 0.25) is 5.91 Å². The van der Waals surface area contributed by atoms with Crippen LogP contribution in [0.4, 0.5) is 5.69 Å². The summed E-state index contributed by atoms with van der Waals surface area (Å²) in [4.78, 5) is 18.6. The summed E-state index contributed by atoms with van der Waals surface area (Å²) >= 11 is 7.86. The van der Waals surface area contributed by atoms with Crippen molar-refractivity contribution < 1.29 is 14.3 Å². The second-order valence-corrected chi connectivity index (χ2v) is 7.38. The Morgan fingerprint density at radius 2 is 2.08 bits per heavy atom. The Morgan fingerprint density at radius 3 is 2.76 bits per heavy atom. The minimum absolute atomic E-state index is 0.147. The van der Waals surface area contributed by atoms with Gasteiger partial charge in [0, 0.05) is 30.5 Å². The minimum atomic E-state index is -0.147. The number of rotatable bonds is 5. The number of likely N-dealkylation sites (N-methyl/N-ethyl adjacent to an activating group) is 1. The maximum Gasteiger partial charge on any atom is 0.238 e. The third-order valence-corrected chi connectivity index (χ3v) is 4.76. The zero-order chi connectivity index (χ0) is 17.8. The van der Waals surface area contributed by atoms with Crippen molar-refractivity contribution in [2.75, 3.05) is 32.1 Å². The van der Waals surface area contributed by atoms with Gasteiger partial charge in [-0.3, -0.25) is 9.69 Å². The normalized spacial score (nSPS) is 13.6. The van der Waals surface area contributed by atoms with E-state index in [2.05, 4.69) is 10.3 Å². The summed E-state index contributed by atoms with van der Waals surface area (Å²) in [5.41, 5.74) is 1.49. The zero-order valence-corrected chi connectivity index (χ0v) is 15.7.